The normalized spacial score (nSPS) is 23.4. The summed E-state index contributed by atoms with van der Waals surface area (Å²) in [4.78, 5) is 2.48. The standard InChI is InChI=1S/C14H21ClN2.ClH/c1-10(16)12-7-8-17(9-12)11(2)13-5-3-4-6-14(13)15;/h3-6,10-12H,7-9,16H2,1-2H3;1H. The molecule has 1 fully saturated rings. The van der Waals surface area contributed by atoms with Crippen LogP contribution in [0.15, 0.2) is 24.3 Å². The molecule has 0 saturated carbocycles. The molecule has 3 unspecified atom stereocenters. The molecule has 0 spiro atoms. The molecule has 1 heterocycles. The fraction of sp³-hybridized carbons (Fsp3) is 0.571. The Hall–Kier alpha value is -0.280. The first-order chi connectivity index (χ1) is 8.09. The molecule has 0 aromatic heterocycles. The SMILES string of the molecule is CC(N)C1CCN(C(C)c2ccccc2Cl)C1.Cl. The molecule has 102 valence electrons. The largest absolute Gasteiger partial charge is 0.328 e. The zero-order valence-corrected chi connectivity index (χ0v) is 12.5. The van der Waals surface area contributed by atoms with Gasteiger partial charge in [-0.15, -0.1) is 12.4 Å². The Morgan fingerprint density at radius 3 is 2.56 bits per heavy atom. The number of likely N-dealkylation sites (tertiary alicyclic amines) is 1. The Morgan fingerprint density at radius 1 is 1.33 bits per heavy atom. The summed E-state index contributed by atoms with van der Waals surface area (Å²) in [6.07, 6.45) is 1.20. The molecule has 1 aliphatic heterocycles. The van der Waals surface area contributed by atoms with E-state index in [0.717, 1.165) is 18.1 Å². The van der Waals surface area contributed by atoms with Crippen LogP contribution in [0, 0.1) is 5.92 Å². The van der Waals surface area contributed by atoms with Crippen molar-refractivity contribution >= 4 is 24.0 Å². The van der Waals surface area contributed by atoms with Crippen LogP contribution in [0.3, 0.4) is 0 Å². The lowest BCUT2D eigenvalue weighted by molar-refractivity contribution is 0.248. The lowest BCUT2D eigenvalue weighted by Gasteiger charge is -2.26. The second-order valence-electron chi connectivity index (χ2n) is 5.10. The number of nitrogens with zero attached hydrogens (tertiary/aromatic N) is 1. The molecule has 0 radical (unpaired) electrons. The summed E-state index contributed by atoms with van der Waals surface area (Å²) < 4.78 is 0. The lowest BCUT2D eigenvalue weighted by atomic mass is 10.0. The Balaban J connectivity index is 0.00000162. The molecular weight excluding hydrogens is 267 g/mol. The van der Waals surface area contributed by atoms with Crippen molar-refractivity contribution in [2.45, 2.75) is 32.4 Å². The number of rotatable bonds is 3. The van der Waals surface area contributed by atoms with Gasteiger partial charge in [-0.05, 0) is 44.4 Å². The lowest BCUT2D eigenvalue weighted by Crippen LogP contribution is -2.31. The number of hydrogen-bond donors (Lipinski definition) is 1. The van der Waals surface area contributed by atoms with Crippen LogP contribution >= 0.6 is 24.0 Å². The molecule has 1 aromatic carbocycles. The van der Waals surface area contributed by atoms with Crippen molar-refractivity contribution in [3.8, 4) is 0 Å². The summed E-state index contributed by atoms with van der Waals surface area (Å²) in [7, 11) is 0. The van der Waals surface area contributed by atoms with E-state index in [1.165, 1.54) is 12.0 Å². The van der Waals surface area contributed by atoms with Crippen molar-refractivity contribution in [3.05, 3.63) is 34.9 Å². The summed E-state index contributed by atoms with van der Waals surface area (Å²) in [5.74, 6) is 0.625. The van der Waals surface area contributed by atoms with Crippen LogP contribution in [0.4, 0.5) is 0 Å². The van der Waals surface area contributed by atoms with Gasteiger partial charge >= 0.3 is 0 Å². The van der Waals surface area contributed by atoms with Crippen LogP contribution in [-0.4, -0.2) is 24.0 Å². The smallest absolute Gasteiger partial charge is 0.0453 e. The molecule has 1 aromatic rings. The van der Waals surface area contributed by atoms with E-state index in [-0.39, 0.29) is 12.4 Å². The average Bonchev–Trinajstić information content (AvgIpc) is 2.78. The third-order valence-electron chi connectivity index (χ3n) is 3.90. The van der Waals surface area contributed by atoms with Gasteiger partial charge < -0.3 is 5.73 Å². The van der Waals surface area contributed by atoms with E-state index >= 15 is 0 Å². The van der Waals surface area contributed by atoms with E-state index in [1.54, 1.807) is 0 Å². The van der Waals surface area contributed by atoms with Crippen LogP contribution < -0.4 is 5.73 Å². The molecule has 0 aliphatic carbocycles. The Morgan fingerprint density at radius 2 is 2.00 bits per heavy atom. The van der Waals surface area contributed by atoms with Crippen LogP contribution in [0.25, 0.3) is 0 Å². The molecule has 0 bridgehead atoms. The third kappa shape index (κ3) is 3.39. The Bertz CT molecular complexity index is 382. The van der Waals surface area contributed by atoms with Gasteiger partial charge in [-0.2, -0.15) is 0 Å². The second-order valence-corrected chi connectivity index (χ2v) is 5.51. The molecule has 4 heteroatoms. The van der Waals surface area contributed by atoms with Gasteiger partial charge in [0.2, 0.25) is 0 Å². The number of benzene rings is 1. The van der Waals surface area contributed by atoms with Crippen molar-refractivity contribution < 1.29 is 0 Å². The van der Waals surface area contributed by atoms with E-state index in [9.17, 15) is 0 Å². The van der Waals surface area contributed by atoms with Gasteiger partial charge in [0.1, 0.15) is 0 Å². The highest BCUT2D eigenvalue weighted by molar-refractivity contribution is 6.31. The fourth-order valence-corrected chi connectivity index (χ4v) is 2.90. The molecule has 2 N–H and O–H groups in total. The van der Waals surface area contributed by atoms with E-state index in [1.807, 2.05) is 12.1 Å². The molecular formula is C14H22Cl2N2. The predicted octanol–water partition coefficient (Wildman–Crippen LogP) is 3.49. The summed E-state index contributed by atoms with van der Waals surface area (Å²) in [6.45, 7) is 6.54. The van der Waals surface area contributed by atoms with Crippen LogP contribution in [0.2, 0.25) is 5.02 Å². The highest BCUT2D eigenvalue weighted by atomic mass is 35.5. The van der Waals surface area contributed by atoms with Crippen LogP contribution in [-0.2, 0) is 0 Å². The van der Waals surface area contributed by atoms with Gasteiger partial charge in [0.05, 0.1) is 0 Å². The number of halogens is 2. The van der Waals surface area contributed by atoms with Gasteiger partial charge in [0.25, 0.3) is 0 Å². The monoisotopic (exact) mass is 288 g/mol. The first kappa shape index (κ1) is 15.8. The van der Waals surface area contributed by atoms with Gasteiger partial charge in [0, 0.05) is 23.7 Å². The van der Waals surface area contributed by atoms with Crippen molar-refractivity contribution in [2.24, 2.45) is 11.7 Å². The zero-order valence-electron chi connectivity index (χ0n) is 11.0. The highest BCUT2D eigenvalue weighted by Gasteiger charge is 2.29. The maximum Gasteiger partial charge on any atom is 0.0453 e. The zero-order chi connectivity index (χ0) is 12.4. The van der Waals surface area contributed by atoms with Gasteiger partial charge in [0.15, 0.2) is 0 Å². The first-order valence-corrected chi connectivity index (χ1v) is 6.71. The number of hydrogen-bond acceptors (Lipinski definition) is 2. The van der Waals surface area contributed by atoms with Gasteiger partial charge in [-0.3, -0.25) is 4.90 Å². The average molecular weight is 289 g/mol. The maximum absolute atomic E-state index is 6.25. The third-order valence-corrected chi connectivity index (χ3v) is 4.25. The van der Waals surface area contributed by atoms with Crippen molar-refractivity contribution in [2.75, 3.05) is 13.1 Å². The van der Waals surface area contributed by atoms with Crippen molar-refractivity contribution in [3.63, 3.8) is 0 Å². The molecule has 1 aliphatic rings. The maximum atomic E-state index is 6.25. The van der Waals surface area contributed by atoms with Gasteiger partial charge in [-0.25, -0.2) is 0 Å². The second kappa shape index (κ2) is 6.76. The minimum atomic E-state index is 0. The molecule has 3 atom stereocenters. The molecule has 0 amide bonds. The minimum Gasteiger partial charge on any atom is -0.328 e. The Kier molecular flexibility index (Phi) is 5.93. The topological polar surface area (TPSA) is 29.3 Å². The molecule has 2 rings (SSSR count). The van der Waals surface area contributed by atoms with Crippen LogP contribution in [0.5, 0.6) is 0 Å². The molecule has 18 heavy (non-hydrogen) atoms. The predicted molar refractivity (Wildman–Crippen MR) is 80.4 cm³/mol. The Labute approximate surface area is 121 Å². The molecule has 1 saturated heterocycles. The highest BCUT2D eigenvalue weighted by Crippen LogP contribution is 2.31. The quantitative estimate of drug-likeness (QED) is 0.923. The summed E-state index contributed by atoms with van der Waals surface area (Å²) in [5, 5.41) is 0.865. The van der Waals surface area contributed by atoms with Gasteiger partial charge in [-0.1, -0.05) is 29.8 Å². The number of nitrogens with two attached hydrogens (primary N) is 1. The molecule has 2 nitrogen and oxygen atoms in total. The fourth-order valence-electron chi connectivity index (χ4n) is 2.61. The summed E-state index contributed by atoms with van der Waals surface area (Å²) in [5.41, 5.74) is 7.20. The van der Waals surface area contributed by atoms with E-state index in [2.05, 4.69) is 30.9 Å². The van der Waals surface area contributed by atoms with Crippen molar-refractivity contribution in [1.29, 1.82) is 0 Å². The summed E-state index contributed by atoms with van der Waals surface area (Å²) >= 11 is 6.25. The van der Waals surface area contributed by atoms with Crippen LogP contribution in [0.1, 0.15) is 31.9 Å². The van der Waals surface area contributed by atoms with E-state index in [0.29, 0.717) is 18.0 Å². The van der Waals surface area contributed by atoms with E-state index < -0.39 is 0 Å². The van der Waals surface area contributed by atoms with E-state index in [4.69, 9.17) is 17.3 Å². The first-order valence-electron chi connectivity index (χ1n) is 6.33. The summed E-state index contributed by atoms with van der Waals surface area (Å²) in [6, 6.07) is 8.79. The minimum absolute atomic E-state index is 0. The van der Waals surface area contributed by atoms with Crippen molar-refractivity contribution in [1.82, 2.24) is 4.90 Å².